The van der Waals surface area contributed by atoms with E-state index >= 15 is 0 Å². The van der Waals surface area contributed by atoms with E-state index in [0.29, 0.717) is 0 Å². The van der Waals surface area contributed by atoms with E-state index in [1.165, 1.54) is 0 Å². The minimum atomic E-state index is -2.33. The summed E-state index contributed by atoms with van der Waals surface area (Å²) in [7, 11) is 0. The van der Waals surface area contributed by atoms with E-state index in [-0.39, 0.29) is 21.1 Å². The van der Waals surface area contributed by atoms with E-state index in [4.69, 9.17) is 49.8 Å². The summed E-state index contributed by atoms with van der Waals surface area (Å²) in [5.74, 6) is 0. The van der Waals surface area contributed by atoms with E-state index in [1.54, 1.807) is 0 Å². The van der Waals surface area contributed by atoms with Crippen molar-refractivity contribution in [3.8, 4) is 0 Å². The number of carboxylic acid groups (broad SMARTS) is 6. The average molecular weight is 304 g/mol. The number of carbonyl (C=O) groups excluding carboxylic acids is 4. The predicted molar refractivity (Wildman–Crippen MR) is 21.9 cm³/mol. The molecular formula is C4MoO10. The SMILES string of the molecule is O=C([O-])[O-].O=C([O-])[O-].O=C([O-])[O-].[C]=O.[Mo+6]. The molecule has 0 saturated carbocycles. The monoisotopic (exact) mass is 306 g/mol. The molecule has 2 radical (unpaired) electrons. The zero-order valence-electron chi connectivity index (χ0n) is 6.49. The van der Waals surface area contributed by atoms with Gasteiger partial charge in [0.1, 0.15) is 0 Å². The fourth-order valence-corrected chi connectivity index (χ4v) is 0. The molecule has 0 amide bonds. The third-order valence-electron chi connectivity index (χ3n) is 0. The quantitative estimate of drug-likeness (QED) is 0.386. The third kappa shape index (κ3) is 375. The molecule has 0 spiro atoms. The van der Waals surface area contributed by atoms with Crippen LogP contribution in [0.25, 0.3) is 0 Å². The molecule has 0 aliphatic heterocycles. The Balaban J connectivity index is -0.0000000298. The fourth-order valence-electron chi connectivity index (χ4n) is 0. The average Bonchev–Trinajstić information content (AvgIpc) is 1.86. The third-order valence-corrected chi connectivity index (χ3v) is 0. The van der Waals surface area contributed by atoms with Gasteiger partial charge in [0.05, 0.1) is 0 Å². The van der Waals surface area contributed by atoms with Gasteiger partial charge in [0.15, 0.2) is 0 Å². The van der Waals surface area contributed by atoms with Gasteiger partial charge < -0.3 is 45.0 Å². The van der Waals surface area contributed by atoms with Gasteiger partial charge in [-0.25, -0.2) is 0 Å². The Morgan fingerprint density at radius 3 is 0.600 bits per heavy atom. The van der Waals surface area contributed by atoms with E-state index < -0.39 is 18.5 Å². The molecule has 0 unspecified atom stereocenters. The van der Waals surface area contributed by atoms with Crippen LogP contribution in [0.3, 0.4) is 0 Å². The number of hydrogen-bond donors (Lipinski definition) is 0. The van der Waals surface area contributed by atoms with Gasteiger partial charge in [0.25, 0.3) is 6.79 Å². The van der Waals surface area contributed by atoms with Crippen LogP contribution in [0.5, 0.6) is 0 Å². The van der Waals surface area contributed by atoms with Crippen LogP contribution in [0.1, 0.15) is 0 Å². The summed E-state index contributed by atoms with van der Waals surface area (Å²) >= 11 is 0. The first-order chi connectivity index (χ1) is 6.20. The molecule has 0 heterocycles. The van der Waals surface area contributed by atoms with Crippen molar-refractivity contribution in [3.05, 3.63) is 0 Å². The molecular weight excluding hydrogens is 304 g/mol. The van der Waals surface area contributed by atoms with Crippen LogP contribution in [0.15, 0.2) is 0 Å². The van der Waals surface area contributed by atoms with Gasteiger partial charge in [-0.3, -0.25) is 4.79 Å². The minimum absolute atomic E-state index is 0. The Morgan fingerprint density at radius 2 is 0.600 bits per heavy atom. The number of rotatable bonds is 0. The Morgan fingerprint density at radius 1 is 0.600 bits per heavy atom. The first-order valence-electron chi connectivity index (χ1n) is 2.04. The van der Waals surface area contributed by atoms with Crippen molar-refractivity contribution < 1.29 is 70.9 Å². The van der Waals surface area contributed by atoms with E-state index in [2.05, 4.69) is 6.79 Å². The van der Waals surface area contributed by atoms with Gasteiger partial charge in [0, 0.05) is 0 Å². The van der Waals surface area contributed by atoms with Crippen LogP contribution in [-0.2, 0) is 25.9 Å². The molecule has 11 heteroatoms. The largest absolute Gasteiger partial charge is 6.00 e. The molecule has 0 atom stereocenters. The summed E-state index contributed by atoms with van der Waals surface area (Å²) in [4.78, 5) is 32.5. The molecule has 0 fully saturated rings. The first-order valence-corrected chi connectivity index (χ1v) is 2.04. The smallest absolute Gasteiger partial charge is 0.652 e. The van der Waals surface area contributed by atoms with Crippen molar-refractivity contribution in [2.45, 2.75) is 0 Å². The Kier molecular flexibility index (Phi) is 57.5. The Hall–Kier alpha value is -1.83. The predicted octanol–water partition coefficient (Wildman–Crippen LogP) is -7.74. The normalized spacial score (nSPS) is 5.07. The van der Waals surface area contributed by atoms with Crippen molar-refractivity contribution in [1.82, 2.24) is 0 Å². The number of hydrogen-bond acceptors (Lipinski definition) is 10. The van der Waals surface area contributed by atoms with Crippen molar-refractivity contribution in [3.63, 3.8) is 0 Å². The number of carbonyl (C=O) groups is 3. The van der Waals surface area contributed by atoms with Crippen molar-refractivity contribution in [2.24, 2.45) is 0 Å². The van der Waals surface area contributed by atoms with Crippen LogP contribution < -0.4 is 30.6 Å². The van der Waals surface area contributed by atoms with Crippen LogP contribution in [0, 0.1) is 0 Å². The maximum absolute atomic E-state index is 8.33. The molecule has 10 nitrogen and oxygen atoms in total. The summed E-state index contributed by atoms with van der Waals surface area (Å²) < 4.78 is 0. The summed E-state index contributed by atoms with van der Waals surface area (Å²) in [6.45, 7) is 4.50. The second-order valence-corrected chi connectivity index (χ2v) is 0.750. The Bertz CT molecular complexity index is 126. The second-order valence-electron chi connectivity index (χ2n) is 0.750. The fraction of sp³-hybridized carbons (Fsp3) is 0. The molecule has 0 aromatic carbocycles. The standard InChI is InChI=1S/3CH2O3.CO.Mo/c3*2-1(3)4;1-2;/h3*(H2,2,3,4);;/q;;;;+6/p-6. The second kappa shape index (κ2) is 29.5. The van der Waals surface area contributed by atoms with Crippen molar-refractivity contribution in [1.29, 1.82) is 0 Å². The molecule has 82 valence electrons. The molecule has 0 saturated heterocycles. The van der Waals surface area contributed by atoms with Crippen LogP contribution in [-0.4, -0.2) is 25.3 Å². The van der Waals surface area contributed by atoms with Gasteiger partial charge >= 0.3 is 21.1 Å². The van der Waals surface area contributed by atoms with E-state index in [1.807, 2.05) is 0 Å². The maximum Gasteiger partial charge on any atom is 6.00 e. The molecule has 0 bridgehead atoms. The van der Waals surface area contributed by atoms with Gasteiger partial charge in [-0.2, -0.15) is 0 Å². The van der Waals surface area contributed by atoms with Gasteiger partial charge in [-0.05, 0) is 18.5 Å². The minimum Gasteiger partial charge on any atom is -0.652 e. The molecule has 0 aliphatic rings. The zero-order chi connectivity index (χ0) is 12.7. The molecule has 0 aliphatic carbocycles. The molecule has 0 aromatic heterocycles. The topological polar surface area (TPSA) is 207 Å². The van der Waals surface area contributed by atoms with E-state index in [9.17, 15) is 0 Å². The summed E-state index contributed by atoms with van der Waals surface area (Å²) in [5, 5.41) is 50.0. The summed E-state index contributed by atoms with van der Waals surface area (Å²) in [6, 6.07) is 0. The van der Waals surface area contributed by atoms with E-state index in [0.717, 1.165) is 0 Å². The van der Waals surface area contributed by atoms with Crippen molar-refractivity contribution in [2.75, 3.05) is 0 Å². The van der Waals surface area contributed by atoms with Gasteiger partial charge in [-0.1, -0.05) is 0 Å². The molecule has 0 aromatic rings. The summed E-state index contributed by atoms with van der Waals surface area (Å²) in [6.07, 6.45) is -7.00. The molecule has 0 rings (SSSR count). The zero-order valence-corrected chi connectivity index (χ0v) is 8.50. The first kappa shape index (κ1) is 29.2. The maximum atomic E-state index is 8.33. The molecule has 0 N–H and O–H groups in total. The van der Waals surface area contributed by atoms with Crippen LogP contribution in [0.2, 0.25) is 0 Å². The summed E-state index contributed by atoms with van der Waals surface area (Å²) in [5.41, 5.74) is 0. The van der Waals surface area contributed by atoms with Gasteiger partial charge in [-0.15, -0.1) is 0 Å². The Labute approximate surface area is 96.7 Å². The molecule has 15 heavy (non-hydrogen) atoms. The van der Waals surface area contributed by atoms with Gasteiger partial charge in [0.2, 0.25) is 0 Å². The van der Waals surface area contributed by atoms with Crippen LogP contribution >= 0.6 is 0 Å². The van der Waals surface area contributed by atoms with Crippen molar-refractivity contribution >= 4 is 25.3 Å². The van der Waals surface area contributed by atoms with Crippen LogP contribution in [0.4, 0.5) is 14.4 Å².